The Hall–Kier alpha value is -3.65. The molecule has 38 heavy (non-hydrogen) atoms. The third-order valence-corrected chi connectivity index (χ3v) is 8.26. The molecule has 0 radical (unpaired) electrons. The van der Waals surface area contributed by atoms with Crippen molar-refractivity contribution < 1.29 is 18.0 Å². The standard InChI is InChI=1S/C30H37N3O4S/c1-22(2)31-30(35)25(5)32(19-18-26-12-8-6-9-13-26)29(34)21-33(27-17-16-23(3)24(4)20-27)38(36,37)28-14-10-7-11-15-28/h6-17,20,22,25H,18-19,21H2,1-5H3,(H,31,35)/t25-/m1/s1. The summed E-state index contributed by atoms with van der Waals surface area (Å²) < 4.78 is 28.7. The number of benzene rings is 3. The Morgan fingerprint density at radius 1 is 0.842 bits per heavy atom. The molecule has 0 aliphatic heterocycles. The number of sulfonamides is 1. The van der Waals surface area contributed by atoms with Crippen molar-refractivity contribution in [3.05, 3.63) is 95.6 Å². The highest BCUT2D eigenvalue weighted by molar-refractivity contribution is 7.92. The molecular weight excluding hydrogens is 498 g/mol. The van der Waals surface area contributed by atoms with E-state index in [1.807, 2.05) is 64.1 Å². The van der Waals surface area contributed by atoms with Gasteiger partial charge in [-0.15, -0.1) is 0 Å². The molecule has 0 fully saturated rings. The molecule has 0 saturated heterocycles. The molecule has 0 unspecified atom stereocenters. The molecule has 2 amide bonds. The lowest BCUT2D eigenvalue weighted by Gasteiger charge is -2.32. The SMILES string of the molecule is Cc1ccc(N(CC(=O)N(CCc2ccccc2)[C@H](C)C(=O)NC(C)C)S(=O)(=O)c2ccccc2)cc1C. The van der Waals surface area contributed by atoms with E-state index in [2.05, 4.69) is 5.32 Å². The predicted octanol–water partition coefficient (Wildman–Crippen LogP) is 4.48. The molecule has 1 N–H and O–H groups in total. The Labute approximate surface area is 226 Å². The summed E-state index contributed by atoms with van der Waals surface area (Å²) >= 11 is 0. The minimum atomic E-state index is -4.06. The smallest absolute Gasteiger partial charge is 0.264 e. The minimum absolute atomic E-state index is 0.0902. The van der Waals surface area contributed by atoms with Gasteiger partial charge in [0.15, 0.2) is 0 Å². The zero-order valence-corrected chi connectivity index (χ0v) is 23.5. The average Bonchev–Trinajstić information content (AvgIpc) is 2.89. The van der Waals surface area contributed by atoms with Crippen molar-refractivity contribution in [3.63, 3.8) is 0 Å². The fraction of sp³-hybridized carbons (Fsp3) is 0.333. The van der Waals surface area contributed by atoms with E-state index in [0.29, 0.717) is 12.1 Å². The highest BCUT2D eigenvalue weighted by Gasteiger charge is 2.32. The molecule has 0 bridgehead atoms. The van der Waals surface area contributed by atoms with Crippen molar-refractivity contribution >= 4 is 27.5 Å². The number of hydrogen-bond donors (Lipinski definition) is 1. The number of rotatable bonds is 11. The van der Waals surface area contributed by atoms with E-state index in [1.54, 1.807) is 37.3 Å². The Bertz CT molecular complexity index is 1340. The van der Waals surface area contributed by atoms with E-state index < -0.39 is 28.5 Å². The molecule has 7 nitrogen and oxygen atoms in total. The summed E-state index contributed by atoms with van der Waals surface area (Å²) in [5.74, 6) is -0.741. The molecule has 0 saturated carbocycles. The van der Waals surface area contributed by atoms with Crippen molar-refractivity contribution in [2.24, 2.45) is 0 Å². The van der Waals surface area contributed by atoms with Gasteiger partial charge in [-0.1, -0.05) is 54.6 Å². The maximum atomic E-state index is 13.8. The van der Waals surface area contributed by atoms with E-state index in [-0.39, 0.29) is 23.4 Å². The topological polar surface area (TPSA) is 86.8 Å². The molecular formula is C30H37N3O4S. The van der Waals surface area contributed by atoms with Gasteiger partial charge in [0.1, 0.15) is 12.6 Å². The van der Waals surface area contributed by atoms with Gasteiger partial charge in [0, 0.05) is 12.6 Å². The first kappa shape index (κ1) is 28.9. The molecule has 3 aromatic carbocycles. The van der Waals surface area contributed by atoms with Gasteiger partial charge >= 0.3 is 0 Å². The number of carbonyl (C=O) groups excluding carboxylic acids is 2. The van der Waals surface area contributed by atoms with Crippen LogP contribution in [0.1, 0.15) is 37.5 Å². The van der Waals surface area contributed by atoms with E-state index in [4.69, 9.17) is 0 Å². The predicted molar refractivity (Wildman–Crippen MR) is 151 cm³/mol. The Morgan fingerprint density at radius 2 is 1.45 bits per heavy atom. The van der Waals surface area contributed by atoms with Crippen LogP contribution in [0.25, 0.3) is 0 Å². The van der Waals surface area contributed by atoms with Gasteiger partial charge in [-0.2, -0.15) is 0 Å². The van der Waals surface area contributed by atoms with Crippen molar-refractivity contribution in [2.45, 2.75) is 58.0 Å². The van der Waals surface area contributed by atoms with E-state index in [9.17, 15) is 18.0 Å². The fourth-order valence-electron chi connectivity index (χ4n) is 4.10. The largest absolute Gasteiger partial charge is 0.352 e. The van der Waals surface area contributed by atoms with Crippen LogP contribution in [0.4, 0.5) is 5.69 Å². The summed E-state index contributed by atoms with van der Waals surface area (Å²) in [4.78, 5) is 28.3. The first-order chi connectivity index (χ1) is 18.0. The summed E-state index contributed by atoms with van der Waals surface area (Å²) in [6.07, 6.45) is 0.529. The Balaban J connectivity index is 1.99. The van der Waals surface area contributed by atoms with Crippen molar-refractivity contribution in [1.82, 2.24) is 10.2 Å². The molecule has 1 atom stereocenters. The van der Waals surface area contributed by atoms with Gasteiger partial charge in [-0.3, -0.25) is 13.9 Å². The van der Waals surface area contributed by atoms with Crippen LogP contribution < -0.4 is 9.62 Å². The second-order valence-corrected chi connectivity index (χ2v) is 11.6. The van der Waals surface area contributed by atoms with Gasteiger partial charge in [0.2, 0.25) is 11.8 Å². The molecule has 3 aromatic rings. The van der Waals surface area contributed by atoms with Crippen molar-refractivity contribution in [2.75, 3.05) is 17.4 Å². The summed E-state index contributed by atoms with van der Waals surface area (Å²) in [7, 11) is -4.06. The molecule has 0 heterocycles. The quantitative estimate of drug-likeness (QED) is 0.392. The van der Waals surface area contributed by atoms with Crippen LogP contribution in [-0.2, 0) is 26.0 Å². The highest BCUT2D eigenvalue weighted by Crippen LogP contribution is 2.26. The zero-order valence-electron chi connectivity index (χ0n) is 22.7. The number of carbonyl (C=O) groups is 2. The fourth-order valence-corrected chi connectivity index (χ4v) is 5.53. The van der Waals surface area contributed by atoms with Gasteiger partial charge in [0.05, 0.1) is 10.6 Å². The van der Waals surface area contributed by atoms with Crippen LogP contribution >= 0.6 is 0 Å². The lowest BCUT2D eigenvalue weighted by molar-refractivity contribution is -0.139. The van der Waals surface area contributed by atoms with E-state index >= 15 is 0 Å². The first-order valence-electron chi connectivity index (χ1n) is 12.8. The van der Waals surface area contributed by atoms with E-state index in [1.165, 1.54) is 17.0 Å². The van der Waals surface area contributed by atoms with Crippen LogP contribution in [0.5, 0.6) is 0 Å². The summed E-state index contributed by atoms with van der Waals surface area (Å²) in [6.45, 7) is 9.06. The number of amides is 2. The molecule has 0 aliphatic carbocycles. The number of nitrogens with zero attached hydrogens (tertiary/aromatic N) is 2. The third kappa shape index (κ3) is 7.22. The summed E-state index contributed by atoms with van der Waals surface area (Å²) in [5.41, 5.74) is 3.34. The maximum Gasteiger partial charge on any atom is 0.264 e. The molecule has 3 rings (SSSR count). The average molecular weight is 536 g/mol. The maximum absolute atomic E-state index is 13.8. The van der Waals surface area contributed by atoms with Gasteiger partial charge in [-0.25, -0.2) is 8.42 Å². The molecule has 0 spiro atoms. The summed E-state index contributed by atoms with van der Waals surface area (Å²) in [6, 6.07) is 22.2. The van der Waals surface area contributed by atoms with Gasteiger partial charge in [0.25, 0.3) is 10.0 Å². The number of aryl methyl sites for hydroxylation is 2. The zero-order chi connectivity index (χ0) is 27.9. The van der Waals surface area contributed by atoms with Crippen LogP contribution in [0.15, 0.2) is 83.8 Å². The van der Waals surface area contributed by atoms with Crippen molar-refractivity contribution in [3.8, 4) is 0 Å². The van der Waals surface area contributed by atoms with Crippen LogP contribution in [0.2, 0.25) is 0 Å². The van der Waals surface area contributed by atoms with Crippen molar-refractivity contribution in [1.29, 1.82) is 0 Å². The monoisotopic (exact) mass is 535 g/mol. The molecule has 0 aromatic heterocycles. The van der Waals surface area contributed by atoms with Gasteiger partial charge in [-0.05, 0) is 82.0 Å². The lowest BCUT2D eigenvalue weighted by Crippen LogP contribution is -2.53. The number of hydrogen-bond acceptors (Lipinski definition) is 4. The second-order valence-electron chi connectivity index (χ2n) is 9.76. The Kier molecular flexibility index (Phi) is 9.69. The normalized spacial score (nSPS) is 12.2. The Morgan fingerprint density at radius 3 is 2.03 bits per heavy atom. The number of anilines is 1. The molecule has 8 heteroatoms. The summed E-state index contributed by atoms with van der Waals surface area (Å²) in [5, 5.41) is 2.87. The second kappa shape index (κ2) is 12.7. The first-order valence-corrected chi connectivity index (χ1v) is 14.2. The number of nitrogens with one attached hydrogen (secondary N) is 1. The van der Waals surface area contributed by atoms with Crippen LogP contribution in [0, 0.1) is 13.8 Å². The van der Waals surface area contributed by atoms with Crippen LogP contribution in [0.3, 0.4) is 0 Å². The van der Waals surface area contributed by atoms with Gasteiger partial charge < -0.3 is 10.2 Å². The minimum Gasteiger partial charge on any atom is -0.352 e. The van der Waals surface area contributed by atoms with E-state index in [0.717, 1.165) is 21.0 Å². The molecule has 0 aliphatic rings. The molecule has 202 valence electrons. The third-order valence-electron chi connectivity index (χ3n) is 6.47. The van der Waals surface area contributed by atoms with Crippen LogP contribution in [-0.4, -0.2) is 50.3 Å². The lowest BCUT2D eigenvalue weighted by atomic mass is 10.1. The highest BCUT2D eigenvalue weighted by atomic mass is 32.2.